The SMILES string of the molecule is CC1(C)CC(NCc2cccc(Cl)c2)CC(C)(C)C1. The van der Waals surface area contributed by atoms with Gasteiger partial charge in [0.2, 0.25) is 0 Å². The van der Waals surface area contributed by atoms with Gasteiger partial charge in [0.15, 0.2) is 0 Å². The molecule has 0 radical (unpaired) electrons. The summed E-state index contributed by atoms with van der Waals surface area (Å²) in [6, 6.07) is 8.75. The molecule has 1 saturated carbocycles. The van der Waals surface area contributed by atoms with Crippen LogP contribution in [0.1, 0.15) is 52.5 Å². The lowest BCUT2D eigenvalue weighted by Gasteiger charge is -2.45. The number of halogens is 1. The largest absolute Gasteiger partial charge is 0.310 e. The van der Waals surface area contributed by atoms with E-state index in [2.05, 4.69) is 39.1 Å². The van der Waals surface area contributed by atoms with E-state index in [1.807, 2.05) is 18.2 Å². The van der Waals surface area contributed by atoms with E-state index in [4.69, 9.17) is 11.6 Å². The first-order valence-corrected chi connectivity index (χ1v) is 7.61. The Balaban J connectivity index is 1.96. The topological polar surface area (TPSA) is 12.0 Å². The highest BCUT2D eigenvalue weighted by atomic mass is 35.5. The zero-order valence-electron chi connectivity index (χ0n) is 12.6. The molecule has 2 rings (SSSR count). The average molecular weight is 280 g/mol. The van der Waals surface area contributed by atoms with Crippen LogP contribution in [-0.2, 0) is 6.54 Å². The van der Waals surface area contributed by atoms with E-state index in [-0.39, 0.29) is 0 Å². The summed E-state index contributed by atoms with van der Waals surface area (Å²) in [6.45, 7) is 10.5. The first-order chi connectivity index (χ1) is 8.76. The van der Waals surface area contributed by atoms with Gasteiger partial charge in [-0.15, -0.1) is 0 Å². The van der Waals surface area contributed by atoms with Gasteiger partial charge in [0.1, 0.15) is 0 Å². The molecule has 19 heavy (non-hydrogen) atoms. The van der Waals surface area contributed by atoms with Gasteiger partial charge >= 0.3 is 0 Å². The van der Waals surface area contributed by atoms with E-state index >= 15 is 0 Å². The molecule has 0 unspecified atom stereocenters. The highest BCUT2D eigenvalue weighted by molar-refractivity contribution is 6.30. The summed E-state index contributed by atoms with van der Waals surface area (Å²) in [5, 5.41) is 4.54. The summed E-state index contributed by atoms with van der Waals surface area (Å²) in [4.78, 5) is 0. The van der Waals surface area contributed by atoms with E-state index in [1.165, 1.54) is 24.8 Å². The summed E-state index contributed by atoms with van der Waals surface area (Å²) < 4.78 is 0. The molecule has 0 amide bonds. The first kappa shape index (κ1) is 14.9. The van der Waals surface area contributed by atoms with Crippen LogP contribution in [0, 0.1) is 10.8 Å². The monoisotopic (exact) mass is 279 g/mol. The Hall–Kier alpha value is -0.530. The van der Waals surface area contributed by atoms with Crippen molar-refractivity contribution < 1.29 is 0 Å². The third-order valence-corrected chi connectivity index (χ3v) is 4.27. The zero-order valence-corrected chi connectivity index (χ0v) is 13.3. The maximum Gasteiger partial charge on any atom is 0.0409 e. The van der Waals surface area contributed by atoms with Gasteiger partial charge in [-0.1, -0.05) is 51.4 Å². The van der Waals surface area contributed by atoms with E-state index in [9.17, 15) is 0 Å². The van der Waals surface area contributed by atoms with Gasteiger partial charge in [-0.05, 0) is 47.8 Å². The second kappa shape index (κ2) is 5.46. The molecule has 1 fully saturated rings. The Morgan fingerprint density at radius 2 is 1.79 bits per heavy atom. The molecular formula is C17H26ClN. The predicted molar refractivity (Wildman–Crippen MR) is 83.5 cm³/mol. The van der Waals surface area contributed by atoms with Crippen molar-refractivity contribution in [1.29, 1.82) is 0 Å². The van der Waals surface area contributed by atoms with Crippen molar-refractivity contribution in [1.82, 2.24) is 5.32 Å². The molecule has 2 heteroatoms. The molecule has 1 aromatic carbocycles. The number of rotatable bonds is 3. The van der Waals surface area contributed by atoms with Crippen molar-refractivity contribution in [2.45, 2.75) is 59.5 Å². The van der Waals surface area contributed by atoms with Crippen LogP contribution in [0.5, 0.6) is 0 Å². The second-order valence-electron chi connectivity index (χ2n) is 7.62. The fourth-order valence-corrected chi connectivity index (χ4v) is 4.11. The first-order valence-electron chi connectivity index (χ1n) is 7.24. The lowest BCUT2D eigenvalue weighted by Crippen LogP contribution is -2.43. The van der Waals surface area contributed by atoms with Gasteiger partial charge in [0.25, 0.3) is 0 Å². The smallest absolute Gasteiger partial charge is 0.0409 e. The Labute approximate surface area is 122 Å². The van der Waals surface area contributed by atoms with Gasteiger partial charge in [0, 0.05) is 17.6 Å². The van der Waals surface area contributed by atoms with Gasteiger partial charge in [-0.3, -0.25) is 0 Å². The van der Waals surface area contributed by atoms with E-state index in [0.29, 0.717) is 16.9 Å². The lowest BCUT2D eigenvalue weighted by atomic mass is 9.63. The predicted octanol–water partition coefficient (Wildman–Crippen LogP) is 5.03. The molecule has 1 N–H and O–H groups in total. The van der Waals surface area contributed by atoms with Crippen LogP contribution in [-0.4, -0.2) is 6.04 Å². The van der Waals surface area contributed by atoms with Crippen molar-refractivity contribution in [3.63, 3.8) is 0 Å². The summed E-state index contributed by atoms with van der Waals surface area (Å²) in [5.41, 5.74) is 2.15. The van der Waals surface area contributed by atoms with Crippen LogP contribution in [0.2, 0.25) is 5.02 Å². The minimum atomic E-state index is 0.438. The summed E-state index contributed by atoms with van der Waals surface area (Å²) in [5.74, 6) is 0. The number of hydrogen-bond acceptors (Lipinski definition) is 1. The molecule has 0 bridgehead atoms. The second-order valence-corrected chi connectivity index (χ2v) is 8.06. The van der Waals surface area contributed by atoms with Crippen molar-refractivity contribution in [2.24, 2.45) is 10.8 Å². The van der Waals surface area contributed by atoms with Gasteiger partial charge in [-0.25, -0.2) is 0 Å². The maximum atomic E-state index is 6.03. The van der Waals surface area contributed by atoms with Crippen molar-refractivity contribution in [3.05, 3.63) is 34.9 Å². The minimum Gasteiger partial charge on any atom is -0.310 e. The van der Waals surface area contributed by atoms with Crippen LogP contribution < -0.4 is 5.32 Å². The van der Waals surface area contributed by atoms with Crippen LogP contribution >= 0.6 is 11.6 Å². The molecule has 0 aromatic heterocycles. The van der Waals surface area contributed by atoms with Gasteiger partial charge in [-0.2, -0.15) is 0 Å². The van der Waals surface area contributed by atoms with Crippen LogP contribution in [0.4, 0.5) is 0 Å². The highest BCUT2D eigenvalue weighted by Gasteiger charge is 2.37. The van der Waals surface area contributed by atoms with E-state index in [1.54, 1.807) is 0 Å². The summed E-state index contributed by atoms with van der Waals surface area (Å²) in [6.07, 6.45) is 3.84. The molecule has 1 aliphatic rings. The summed E-state index contributed by atoms with van der Waals surface area (Å²) >= 11 is 6.03. The molecule has 106 valence electrons. The number of benzene rings is 1. The molecule has 0 atom stereocenters. The fourth-order valence-electron chi connectivity index (χ4n) is 3.90. The molecule has 0 heterocycles. The average Bonchev–Trinajstić information content (AvgIpc) is 2.22. The molecule has 0 saturated heterocycles. The standard InChI is InChI=1S/C17H26ClN/c1-16(2)9-15(10-17(3,4)12-16)19-11-13-6-5-7-14(18)8-13/h5-8,15,19H,9-12H2,1-4H3. The zero-order chi connectivity index (χ0) is 14.1. The Morgan fingerprint density at radius 1 is 1.16 bits per heavy atom. The summed E-state index contributed by atoms with van der Waals surface area (Å²) in [7, 11) is 0. The van der Waals surface area contributed by atoms with Crippen LogP contribution in [0.25, 0.3) is 0 Å². The van der Waals surface area contributed by atoms with Gasteiger partial charge < -0.3 is 5.32 Å². The number of hydrogen-bond donors (Lipinski definition) is 1. The molecule has 0 spiro atoms. The molecule has 1 aliphatic carbocycles. The van der Waals surface area contributed by atoms with Crippen molar-refractivity contribution in [3.8, 4) is 0 Å². The van der Waals surface area contributed by atoms with Crippen LogP contribution in [0.3, 0.4) is 0 Å². The quantitative estimate of drug-likeness (QED) is 0.818. The van der Waals surface area contributed by atoms with Crippen molar-refractivity contribution in [2.75, 3.05) is 0 Å². The lowest BCUT2D eigenvalue weighted by molar-refractivity contribution is 0.0845. The van der Waals surface area contributed by atoms with Crippen LogP contribution in [0.15, 0.2) is 24.3 Å². The molecule has 1 aromatic rings. The Morgan fingerprint density at radius 3 is 2.37 bits per heavy atom. The normalized spacial score (nSPS) is 22.4. The number of nitrogens with one attached hydrogen (secondary N) is 1. The Bertz CT molecular complexity index is 421. The third kappa shape index (κ3) is 4.50. The maximum absolute atomic E-state index is 6.03. The minimum absolute atomic E-state index is 0.438. The Kier molecular flexibility index (Phi) is 4.27. The van der Waals surface area contributed by atoms with E-state index in [0.717, 1.165) is 11.6 Å². The highest BCUT2D eigenvalue weighted by Crippen LogP contribution is 2.45. The molecule has 1 nitrogen and oxygen atoms in total. The fraction of sp³-hybridized carbons (Fsp3) is 0.647. The van der Waals surface area contributed by atoms with E-state index < -0.39 is 0 Å². The molecule has 0 aliphatic heterocycles. The third-order valence-electron chi connectivity index (χ3n) is 4.04. The van der Waals surface area contributed by atoms with Gasteiger partial charge in [0.05, 0.1) is 0 Å². The molecular weight excluding hydrogens is 254 g/mol. The van der Waals surface area contributed by atoms with Crippen molar-refractivity contribution >= 4 is 11.6 Å².